The fraction of sp³-hybridized carbons (Fsp3) is 0.333. The molecule has 19 heavy (non-hydrogen) atoms. The van der Waals surface area contributed by atoms with E-state index < -0.39 is 0 Å². The molecule has 1 heterocycles. The predicted molar refractivity (Wildman–Crippen MR) is 78.2 cm³/mol. The van der Waals surface area contributed by atoms with Crippen LogP contribution in [-0.4, -0.2) is 15.6 Å². The molecule has 0 unspecified atom stereocenters. The molecule has 2 rings (SSSR count). The van der Waals surface area contributed by atoms with Gasteiger partial charge in [0, 0.05) is 11.3 Å². The van der Waals surface area contributed by atoms with E-state index >= 15 is 0 Å². The Balaban J connectivity index is 2.54. The largest absolute Gasteiger partial charge is 0.384 e. The van der Waals surface area contributed by atoms with Crippen molar-refractivity contribution < 1.29 is 0 Å². The molecule has 4 nitrogen and oxygen atoms in total. The summed E-state index contributed by atoms with van der Waals surface area (Å²) < 4.78 is 1.96. The van der Waals surface area contributed by atoms with Crippen LogP contribution in [-0.2, 0) is 6.42 Å². The Kier molecular flexibility index (Phi) is 3.42. The van der Waals surface area contributed by atoms with E-state index in [0.717, 1.165) is 28.9 Å². The van der Waals surface area contributed by atoms with E-state index in [9.17, 15) is 0 Å². The van der Waals surface area contributed by atoms with E-state index in [4.69, 9.17) is 11.1 Å². The molecule has 100 valence electrons. The maximum atomic E-state index is 7.52. The SMILES string of the molecule is CCc1c(C)nn(-c2ccc(C(=N)N)c(C)c2)c1C. The van der Waals surface area contributed by atoms with Crippen molar-refractivity contribution in [2.75, 3.05) is 0 Å². The fourth-order valence-electron chi connectivity index (χ4n) is 2.52. The van der Waals surface area contributed by atoms with Gasteiger partial charge in [0.2, 0.25) is 0 Å². The number of nitrogen functional groups attached to an aromatic ring is 1. The lowest BCUT2D eigenvalue weighted by Gasteiger charge is -2.09. The first-order valence-electron chi connectivity index (χ1n) is 6.46. The van der Waals surface area contributed by atoms with Crippen molar-refractivity contribution in [3.8, 4) is 5.69 Å². The molecule has 0 bridgehead atoms. The summed E-state index contributed by atoms with van der Waals surface area (Å²) in [6.07, 6.45) is 0.988. The number of amidine groups is 1. The van der Waals surface area contributed by atoms with Crippen LogP contribution in [0.1, 0.15) is 35.0 Å². The average Bonchev–Trinajstić information content (AvgIpc) is 2.63. The molecule has 1 aromatic heterocycles. The molecule has 0 spiro atoms. The molecule has 0 saturated heterocycles. The number of aryl methyl sites for hydroxylation is 2. The minimum absolute atomic E-state index is 0.103. The van der Waals surface area contributed by atoms with Gasteiger partial charge in [0.25, 0.3) is 0 Å². The highest BCUT2D eigenvalue weighted by Crippen LogP contribution is 2.20. The van der Waals surface area contributed by atoms with Crippen LogP contribution in [0.3, 0.4) is 0 Å². The predicted octanol–water partition coefficient (Wildman–Crippen LogP) is 2.64. The lowest BCUT2D eigenvalue weighted by atomic mass is 10.1. The van der Waals surface area contributed by atoms with E-state index in [0.29, 0.717) is 0 Å². The number of hydrogen-bond donors (Lipinski definition) is 2. The Hall–Kier alpha value is -2.10. The summed E-state index contributed by atoms with van der Waals surface area (Å²) in [6, 6.07) is 5.87. The lowest BCUT2D eigenvalue weighted by Crippen LogP contribution is -2.13. The monoisotopic (exact) mass is 256 g/mol. The third-order valence-electron chi connectivity index (χ3n) is 3.54. The third-order valence-corrected chi connectivity index (χ3v) is 3.54. The van der Waals surface area contributed by atoms with Crippen molar-refractivity contribution in [2.24, 2.45) is 5.73 Å². The number of rotatable bonds is 3. The molecule has 0 atom stereocenters. The zero-order valence-corrected chi connectivity index (χ0v) is 11.9. The standard InChI is InChI=1S/C15H20N4/c1-5-13-10(3)18-19(11(13)4)12-6-7-14(15(16)17)9(2)8-12/h6-8H,5H2,1-4H3,(H3,16,17). The number of nitrogens with zero attached hydrogens (tertiary/aromatic N) is 2. The topological polar surface area (TPSA) is 67.7 Å². The number of nitrogens with two attached hydrogens (primary N) is 1. The highest BCUT2D eigenvalue weighted by atomic mass is 15.3. The van der Waals surface area contributed by atoms with Crippen molar-refractivity contribution in [2.45, 2.75) is 34.1 Å². The summed E-state index contributed by atoms with van der Waals surface area (Å²) in [7, 11) is 0. The minimum Gasteiger partial charge on any atom is -0.384 e. The van der Waals surface area contributed by atoms with Crippen LogP contribution >= 0.6 is 0 Å². The molecular formula is C15H20N4. The molecule has 2 aromatic rings. The van der Waals surface area contributed by atoms with Gasteiger partial charge in [0.15, 0.2) is 0 Å². The molecule has 4 heteroatoms. The Morgan fingerprint density at radius 3 is 2.47 bits per heavy atom. The van der Waals surface area contributed by atoms with Crippen LogP contribution in [0.5, 0.6) is 0 Å². The summed E-state index contributed by atoms with van der Waals surface area (Å²) in [5.41, 5.74) is 11.9. The first-order valence-corrected chi connectivity index (χ1v) is 6.46. The van der Waals surface area contributed by atoms with Crippen LogP contribution in [0.2, 0.25) is 0 Å². The first kappa shape index (κ1) is 13.3. The number of aromatic nitrogens is 2. The van der Waals surface area contributed by atoms with Crippen LogP contribution < -0.4 is 5.73 Å². The molecule has 0 fully saturated rings. The average molecular weight is 256 g/mol. The summed E-state index contributed by atoms with van der Waals surface area (Å²) in [6.45, 7) is 8.24. The zero-order valence-electron chi connectivity index (χ0n) is 11.9. The van der Waals surface area contributed by atoms with Crippen LogP contribution in [0.4, 0.5) is 0 Å². The number of nitrogens with one attached hydrogen (secondary N) is 1. The second-order valence-electron chi connectivity index (χ2n) is 4.83. The van der Waals surface area contributed by atoms with Gasteiger partial charge in [-0.25, -0.2) is 4.68 Å². The van der Waals surface area contributed by atoms with Gasteiger partial charge >= 0.3 is 0 Å². The Labute approximate surface area is 113 Å². The molecule has 0 saturated carbocycles. The molecule has 0 amide bonds. The van der Waals surface area contributed by atoms with Crippen LogP contribution in [0, 0.1) is 26.2 Å². The Bertz CT molecular complexity index is 638. The maximum Gasteiger partial charge on any atom is 0.123 e. The van der Waals surface area contributed by atoms with Crippen molar-refractivity contribution in [3.63, 3.8) is 0 Å². The maximum absolute atomic E-state index is 7.52. The summed E-state index contributed by atoms with van der Waals surface area (Å²) >= 11 is 0. The zero-order chi connectivity index (χ0) is 14.2. The Morgan fingerprint density at radius 1 is 1.32 bits per heavy atom. The van der Waals surface area contributed by atoms with Crippen molar-refractivity contribution in [3.05, 3.63) is 46.3 Å². The van der Waals surface area contributed by atoms with Crippen molar-refractivity contribution >= 4 is 5.84 Å². The highest BCUT2D eigenvalue weighted by molar-refractivity contribution is 5.96. The minimum atomic E-state index is 0.103. The van der Waals surface area contributed by atoms with Gasteiger partial charge in [-0.05, 0) is 56.5 Å². The highest BCUT2D eigenvalue weighted by Gasteiger charge is 2.12. The van der Waals surface area contributed by atoms with E-state index in [2.05, 4.69) is 18.9 Å². The van der Waals surface area contributed by atoms with E-state index in [1.807, 2.05) is 36.7 Å². The fourth-order valence-corrected chi connectivity index (χ4v) is 2.52. The van der Waals surface area contributed by atoms with E-state index in [-0.39, 0.29) is 5.84 Å². The molecule has 0 aliphatic rings. The number of hydrogen-bond acceptors (Lipinski definition) is 2. The second kappa shape index (κ2) is 4.88. The normalized spacial score (nSPS) is 10.7. The Morgan fingerprint density at radius 2 is 2.00 bits per heavy atom. The molecule has 3 N–H and O–H groups in total. The summed E-state index contributed by atoms with van der Waals surface area (Å²) in [5.74, 6) is 0.103. The van der Waals surface area contributed by atoms with Gasteiger partial charge in [-0.15, -0.1) is 0 Å². The quantitative estimate of drug-likeness (QED) is 0.655. The van der Waals surface area contributed by atoms with E-state index in [1.165, 1.54) is 11.3 Å². The first-order chi connectivity index (χ1) is 8.95. The summed E-state index contributed by atoms with van der Waals surface area (Å²) in [4.78, 5) is 0. The van der Waals surface area contributed by atoms with E-state index in [1.54, 1.807) is 0 Å². The molecular weight excluding hydrogens is 236 g/mol. The van der Waals surface area contributed by atoms with Crippen LogP contribution in [0.15, 0.2) is 18.2 Å². The molecule has 0 aliphatic carbocycles. The third kappa shape index (κ3) is 2.26. The van der Waals surface area contributed by atoms with Crippen molar-refractivity contribution in [1.29, 1.82) is 5.41 Å². The summed E-state index contributed by atoms with van der Waals surface area (Å²) in [5, 5.41) is 12.1. The van der Waals surface area contributed by atoms with Gasteiger partial charge in [0.05, 0.1) is 11.4 Å². The van der Waals surface area contributed by atoms with Gasteiger partial charge < -0.3 is 5.73 Å². The van der Waals surface area contributed by atoms with Gasteiger partial charge in [-0.1, -0.05) is 6.92 Å². The lowest BCUT2D eigenvalue weighted by molar-refractivity contribution is 0.831. The molecule has 0 aliphatic heterocycles. The van der Waals surface area contributed by atoms with Gasteiger partial charge in [-0.2, -0.15) is 5.10 Å². The second-order valence-corrected chi connectivity index (χ2v) is 4.83. The molecule has 1 aromatic carbocycles. The molecule has 0 radical (unpaired) electrons. The smallest absolute Gasteiger partial charge is 0.123 e. The number of benzene rings is 1. The van der Waals surface area contributed by atoms with Gasteiger partial charge in [-0.3, -0.25) is 5.41 Å². The van der Waals surface area contributed by atoms with Crippen LogP contribution in [0.25, 0.3) is 5.69 Å². The van der Waals surface area contributed by atoms with Crippen molar-refractivity contribution in [1.82, 2.24) is 9.78 Å². The van der Waals surface area contributed by atoms with Gasteiger partial charge in [0.1, 0.15) is 5.84 Å².